The Morgan fingerprint density at radius 2 is 2.62 bits per heavy atom. The number of carbonyl (C=O) groups is 1. The van der Waals surface area contributed by atoms with E-state index in [1.807, 2.05) is 0 Å². The first-order valence-corrected chi connectivity index (χ1v) is 5.43. The molecule has 0 bridgehead atoms. The van der Waals surface area contributed by atoms with Crippen LogP contribution in [0.2, 0.25) is 0 Å². The summed E-state index contributed by atoms with van der Waals surface area (Å²) >= 11 is 2.94. The van der Waals surface area contributed by atoms with Crippen LogP contribution in [0.25, 0.3) is 0 Å². The predicted octanol–water partition coefficient (Wildman–Crippen LogP) is 1.38. The van der Waals surface area contributed by atoms with Gasteiger partial charge < -0.3 is 10.5 Å². The standard InChI is InChI=1S/C7H10N2O2S2/c1-11-6(10)2-3-12-7-9-4-5(8)13-7/h4H,2-3,8H2,1H3. The summed E-state index contributed by atoms with van der Waals surface area (Å²) in [5.41, 5.74) is 5.49. The summed E-state index contributed by atoms with van der Waals surface area (Å²) in [7, 11) is 1.38. The summed E-state index contributed by atoms with van der Waals surface area (Å²) in [5, 5.41) is 0.695. The van der Waals surface area contributed by atoms with Crippen molar-refractivity contribution in [2.24, 2.45) is 0 Å². The Kier molecular flexibility index (Phi) is 4.04. The largest absolute Gasteiger partial charge is 0.469 e. The minimum atomic E-state index is -0.197. The van der Waals surface area contributed by atoms with Crippen LogP contribution in [-0.2, 0) is 9.53 Å². The van der Waals surface area contributed by atoms with Gasteiger partial charge in [-0.15, -0.1) is 0 Å². The van der Waals surface area contributed by atoms with E-state index in [0.29, 0.717) is 17.2 Å². The molecule has 0 radical (unpaired) electrons. The first-order chi connectivity index (χ1) is 6.22. The Hall–Kier alpha value is -0.750. The van der Waals surface area contributed by atoms with E-state index in [2.05, 4.69) is 9.72 Å². The summed E-state index contributed by atoms with van der Waals surface area (Å²) in [5.74, 6) is 0.483. The number of thiazole rings is 1. The van der Waals surface area contributed by atoms with Crippen molar-refractivity contribution >= 4 is 34.1 Å². The van der Waals surface area contributed by atoms with Gasteiger partial charge in [-0.05, 0) is 0 Å². The highest BCUT2D eigenvalue weighted by Gasteiger charge is 2.03. The lowest BCUT2D eigenvalue weighted by atomic mass is 10.5. The van der Waals surface area contributed by atoms with Crippen molar-refractivity contribution in [2.45, 2.75) is 10.8 Å². The number of hydrogen-bond donors (Lipinski definition) is 1. The number of nitrogens with two attached hydrogens (primary N) is 1. The number of methoxy groups -OCH3 is 1. The molecule has 0 aliphatic carbocycles. The van der Waals surface area contributed by atoms with Gasteiger partial charge in [-0.2, -0.15) is 0 Å². The highest BCUT2D eigenvalue weighted by atomic mass is 32.2. The third kappa shape index (κ3) is 3.65. The smallest absolute Gasteiger partial charge is 0.306 e. The fourth-order valence-electron chi connectivity index (χ4n) is 0.660. The molecule has 0 aliphatic rings. The number of carbonyl (C=O) groups excluding carboxylic acids is 1. The summed E-state index contributed by atoms with van der Waals surface area (Å²) < 4.78 is 5.39. The summed E-state index contributed by atoms with van der Waals surface area (Å²) in [6, 6.07) is 0. The van der Waals surface area contributed by atoms with Gasteiger partial charge in [-0.25, -0.2) is 4.98 Å². The Labute approximate surface area is 84.5 Å². The van der Waals surface area contributed by atoms with Crippen LogP contribution < -0.4 is 5.73 Å². The molecule has 2 N–H and O–H groups in total. The minimum absolute atomic E-state index is 0.197. The summed E-state index contributed by atoms with van der Waals surface area (Å²) in [6.45, 7) is 0. The Morgan fingerprint density at radius 3 is 3.15 bits per heavy atom. The maximum Gasteiger partial charge on any atom is 0.306 e. The van der Waals surface area contributed by atoms with Crippen LogP contribution in [-0.4, -0.2) is 23.8 Å². The van der Waals surface area contributed by atoms with Gasteiger partial charge in [0, 0.05) is 5.75 Å². The molecule has 72 valence electrons. The molecule has 0 fully saturated rings. The predicted molar refractivity (Wildman–Crippen MR) is 53.9 cm³/mol. The quantitative estimate of drug-likeness (QED) is 0.611. The fraction of sp³-hybridized carbons (Fsp3) is 0.429. The van der Waals surface area contributed by atoms with Gasteiger partial charge in [0.25, 0.3) is 0 Å². The van der Waals surface area contributed by atoms with Crippen molar-refractivity contribution in [1.82, 2.24) is 4.98 Å². The molecule has 0 saturated heterocycles. The second kappa shape index (κ2) is 5.08. The summed E-state index contributed by atoms with van der Waals surface area (Å²) in [6.07, 6.45) is 2.02. The second-order valence-corrected chi connectivity index (χ2v) is 4.61. The van der Waals surface area contributed by atoms with E-state index in [1.54, 1.807) is 6.20 Å². The Morgan fingerprint density at radius 1 is 1.85 bits per heavy atom. The molecule has 1 heterocycles. The number of nitrogens with zero attached hydrogens (tertiary/aromatic N) is 1. The Bertz CT molecular complexity index is 288. The molecule has 1 aromatic heterocycles. The van der Waals surface area contributed by atoms with Gasteiger partial charge in [0.1, 0.15) is 5.00 Å². The van der Waals surface area contributed by atoms with E-state index >= 15 is 0 Å². The van der Waals surface area contributed by atoms with Crippen LogP contribution in [0.1, 0.15) is 6.42 Å². The van der Waals surface area contributed by atoms with Crippen LogP contribution >= 0.6 is 23.1 Å². The van der Waals surface area contributed by atoms with Crippen molar-refractivity contribution in [3.8, 4) is 0 Å². The van der Waals surface area contributed by atoms with Crippen molar-refractivity contribution in [3.63, 3.8) is 0 Å². The van der Waals surface area contributed by atoms with Crippen molar-refractivity contribution < 1.29 is 9.53 Å². The van der Waals surface area contributed by atoms with E-state index < -0.39 is 0 Å². The van der Waals surface area contributed by atoms with Crippen LogP contribution in [0.4, 0.5) is 5.00 Å². The van der Waals surface area contributed by atoms with E-state index in [9.17, 15) is 4.79 Å². The third-order valence-electron chi connectivity index (χ3n) is 1.26. The van der Waals surface area contributed by atoms with E-state index in [0.717, 1.165) is 4.34 Å². The van der Waals surface area contributed by atoms with Gasteiger partial charge in [0.2, 0.25) is 0 Å². The number of anilines is 1. The molecule has 13 heavy (non-hydrogen) atoms. The first kappa shape index (κ1) is 10.3. The average Bonchev–Trinajstić information content (AvgIpc) is 2.51. The number of hydrogen-bond acceptors (Lipinski definition) is 6. The van der Waals surface area contributed by atoms with E-state index in [4.69, 9.17) is 5.73 Å². The van der Waals surface area contributed by atoms with E-state index in [1.165, 1.54) is 30.2 Å². The maximum atomic E-state index is 10.7. The molecule has 4 nitrogen and oxygen atoms in total. The van der Waals surface area contributed by atoms with Crippen molar-refractivity contribution in [2.75, 3.05) is 18.6 Å². The minimum Gasteiger partial charge on any atom is -0.469 e. The number of thioether (sulfide) groups is 1. The number of aromatic nitrogens is 1. The number of rotatable bonds is 4. The van der Waals surface area contributed by atoms with Gasteiger partial charge in [0.15, 0.2) is 4.34 Å². The van der Waals surface area contributed by atoms with Crippen LogP contribution in [0.3, 0.4) is 0 Å². The highest BCUT2D eigenvalue weighted by molar-refractivity contribution is 8.01. The zero-order chi connectivity index (χ0) is 9.68. The van der Waals surface area contributed by atoms with Gasteiger partial charge in [-0.3, -0.25) is 4.79 Å². The molecule has 0 aliphatic heterocycles. The Balaban J connectivity index is 2.24. The van der Waals surface area contributed by atoms with E-state index in [-0.39, 0.29) is 5.97 Å². The SMILES string of the molecule is COC(=O)CCSc1ncc(N)s1. The molecule has 0 aromatic carbocycles. The molecule has 1 aromatic rings. The normalized spacial score (nSPS) is 9.92. The lowest BCUT2D eigenvalue weighted by molar-refractivity contribution is -0.140. The zero-order valence-electron chi connectivity index (χ0n) is 7.15. The lowest BCUT2D eigenvalue weighted by Gasteiger charge is -1.96. The molecule has 0 atom stereocenters. The number of nitrogen functional groups attached to an aromatic ring is 1. The fourth-order valence-corrected chi connectivity index (χ4v) is 2.42. The molecular weight excluding hydrogens is 208 g/mol. The van der Waals surface area contributed by atoms with Gasteiger partial charge in [0.05, 0.1) is 19.7 Å². The third-order valence-corrected chi connectivity index (χ3v) is 3.25. The number of ether oxygens (including phenoxy) is 1. The first-order valence-electron chi connectivity index (χ1n) is 3.63. The molecule has 0 spiro atoms. The lowest BCUT2D eigenvalue weighted by Crippen LogP contribution is -2.00. The van der Waals surface area contributed by atoms with Gasteiger partial charge >= 0.3 is 5.97 Å². The molecule has 0 saturated carbocycles. The average molecular weight is 218 g/mol. The number of esters is 1. The monoisotopic (exact) mass is 218 g/mol. The zero-order valence-corrected chi connectivity index (χ0v) is 8.78. The van der Waals surface area contributed by atoms with Crippen LogP contribution in [0.15, 0.2) is 10.5 Å². The molecule has 6 heteroatoms. The highest BCUT2D eigenvalue weighted by Crippen LogP contribution is 2.25. The van der Waals surface area contributed by atoms with Gasteiger partial charge in [-0.1, -0.05) is 23.1 Å². The maximum absolute atomic E-state index is 10.7. The van der Waals surface area contributed by atoms with Crippen LogP contribution in [0.5, 0.6) is 0 Å². The molecule has 0 amide bonds. The molecular formula is C7H10N2O2S2. The summed E-state index contributed by atoms with van der Waals surface area (Å²) in [4.78, 5) is 14.8. The topological polar surface area (TPSA) is 65.2 Å². The molecule has 0 unspecified atom stereocenters. The molecule has 1 rings (SSSR count). The van der Waals surface area contributed by atoms with Crippen LogP contribution in [0, 0.1) is 0 Å². The second-order valence-electron chi connectivity index (χ2n) is 2.20. The van der Waals surface area contributed by atoms with Crippen molar-refractivity contribution in [1.29, 1.82) is 0 Å². The van der Waals surface area contributed by atoms with Crippen molar-refractivity contribution in [3.05, 3.63) is 6.20 Å².